The summed E-state index contributed by atoms with van der Waals surface area (Å²) in [5.74, 6) is -1.64. The summed E-state index contributed by atoms with van der Waals surface area (Å²) in [4.78, 5) is 49.6. The van der Waals surface area contributed by atoms with Gasteiger partial charge in [0.15, 0.2) is 0 Å². The van der Waals surface area contributed by atoms with E-state index < -0.39 is 53.1 Å². The maximum Gasteiger partial charge on any atom is 0.416 e. The maximum absolute atomic E-state index is 14.8. The number of aromatic nitrogens is 1. The van der Waals surface area contributed by atoms with Crippen molar-refractivity contribution in [3.8, 4) is 22.8 Å². The number of anilines is 1. The Kier molecular flexibility index (Phi) is 10.8. The molecule has 0 unspecified atom stereocenters. The number of nitrogens with zero attached hydrogens (tertiary/aromatic N) is 2. The minimum Gasteiger partial charge on any atom is -0.497 e. The molecule has 5 atom stereocenters. The second-order valence-electron chi connectivity index (χ2n) is 16.5. The average molecular weight is 814 g/mol. The third kappa shape index (κ3) is 8.72. The first-order chi connectivity index (χ1) is 28.2. The number of carbonyl (C=O) groups is 3. The number of carbonyl (C=O) groups excluding carboxylic acids is 3. The van der Waals surface area contributed by atoms with Gasteiger partial charge >= 0.3 is 6.18 Å². The van der Waals surface area contributed by atoms with E-state index in [1.54, 1.807) is 19.2 Å². The van der Waals surface area contributed by atoms with Crippen molar-refractivity contribution >= 4 is 34.3 Å². The van der Waals surface area contributed by atoms with E-state index in [2.05, 4.69) is 16.0 Å². The first-order valence-electron chi connectivity index (χ1n) is 20.2. The number of hydrogen-bond donors (Lipinski definition) is 3. The molecule has 4 aromatic rings. The highest BCUT2D eigenvalue weighted by molar-refractivity contribution is 5.99. The van der Waals surface area contributed by atoms with Gasteiger partial charge in [-0.2, -0.15) is 13.2 Å². The number of nitrogens with one attached hydrogen (secondary N) is 3. The van der Waals surface area contributed by atoms with Crippen molar-refractivity contribution in [3.05, 3.63) is 96.3 Å². The Morgan fingerprint density at radius 2 is 1.80 bits per heavy atom. The molecular formula is C45H47F4N5O5. The van der Waals surface area contributed by atoms with Gasteiger partial charge in [0, 0.05) is 46.6 Å². The molecule has 1 aromatic heterocycles. The molecule has 2 aliphatic heterocycles. The third-order valence-electron chi connectivity index (χ3n) is 12.0. The predicted molar refractivity (Wildman–Crippen MR) is 214 cm³/mol. The molecule has 3 aromatic carbocycles. The molecule has 0 bridgehead atoms. The Bertz CT molecular complexity index is 2280. The van der Waals surface area contributed by atoms with Crippen LogP contribution in [0.15, 0.2) is 84.9 Å². The topological polar surface area (TPSA) is 122 Å². The molecule has 14 heteroatoms. The molecule has 8 rings (SSSR count). The Balaban J connectivity index is 1.15. The Hall–Kier alpha value is -5.66. The lowest BCUT2D eigenvalue weighted by atomic mass is 10.0. The number of halogens is 4. The number of amides is 3. The number of methoxy groups -OCH3 is 1. The second kappa shape index (κ2) is 15.8. The van der Waals surface area contributed by atoms with E-state index in [4.69, 9.17) is 14.5 Å². The van der Waals surface area contributed by atoms with E-state index in [0.29, 0.717) is 59.8 Å². The van der Waals surface area contributed by atoms with Crippen molar-refractivity contribution in [1.29, 1.82) is 0 Å². The van der Waals surface area contributed by atoms with Crippen molar-refractivity contribution in [2.45, 2.75) is 100 Å². The van der Waals surface area contributed by atoms with Crippen LogP contribution >= 0.6 is 0 Å². The molecule has 3 fully saturated rings. The molecule has 0 spiro atoms. The third-order valence-corrected chi connectivity index (χ3v) is 12.0. The summed E-state index contributed by atoms with van der Waals surface area (Å²) < 4.78 is 68.1. The van der Waals surface area contributed by atoms with Crippen molar-refractivity contribution in [1.82, 2.24) is 20.5 Å². The Labute approximate surface area is 339 Å². The predicted octanol–water partition coefficient (Wildman–Crippen LogP) is 7.96. The number of benzene rings is 3. The van der Waals surface area contributed by atoms with Crippen LogP contribution in [0.5, 0.6) is 11.5 Å². The average Bonchev–Trinajstić information content (AvgIpc) is 4.07. The fourth-order valence-corrected chi connectivity index (χ4v) is 8.24. The van der Waals surface area contributed by atoms with Gasteiger partial charge in [-0.25, -0.2) is 9.37 Å². The summed E-state index contributed by atoms with van der Waals surface area (Å²) in [6.45, 7) is 1.92. The van der Waals surface area contributed by atoms with Gasteiger partial charge in [0.05, 0.1) is 30.4 Å². The summed E-state index contributed by atoms with van der Waals surface area (Å²) >= 11 is 0. The lowest BCUT2D eigenvalue weighted by Crippen LogP contribution is -2.58. The summed E-state index contributed by atoms with van der Waals surface area (Å²) in [6.07, 6.45) is 3.51. The molecule has 3 N–H and O–H groups in total. The number of ether oxygens (including phenoxy) is 2. The zero-order valence-corrected chi connectivity index (χ0v) is 32.9. The summed E-state index contributed by atoms with van der Waals surface area (Å²) in [7, 11) is 1.56. The molecule has 10 nitrogen and oxygen atoms in total. The minimum absolute atomic E-state index is 0.0483. The van der Waals surface area contributed by atoms with Gasteiger partial charge in [0.2, 0.25) is 17.7 Å². The van der Waals surface area contributed by atoms with Gasteiger partial charge in [-0.1, -0.05) is 55.3 Å². The fraction of sp³-hybridized carbons (Fsp3) is 0.422. The Morgan fingerprint density at radius 3 is 2.54 bits per heavy atom. The number of fused-ring (bicyclic) bond motifs is 3. The summed E-state index contributed by atoms with van der Waals surface area (Å²) in [6, 6.07) is 16.7. The lowest BCUT2D eigenvalue weighted by molar-refractivity contribution is -0.140. The van der Waals surface area contributed by atoms with Gasteiger partial charge < -0.3 is 30.3 Å². The summed E-state index contributed by atoms with van der Waals surface area (Å²) in [5, 5.41) is 9.77. The number of allylic oxidation sites excluding steroid dienone is 1. The summed E-state index contributed by atoms with van der Waals surface area (Å²) in [5.41, 5.74) is -0.866. The normalized spacial score (nSPS) is 26.0. The van der Waals surface area contributed by atoms with Gasteiger partial charge in [-0.05, 0) is 75.8 Å². The molecule has 3 amide bonds. The van der Waals surface area contributed by atoms with Gasteiger partial charge in [-0.3, -0.25) is 14.4 Å². The molecule has 310 valence electrons. The highest BCUT2D eigenvalue weighted by atomic mass is 19.4. The molecule has 2 aliphatic carbocycles. The van der Waals surface area contributed by atoms with Crippen LogP contribution in [-0.2, 0) is 20.6 Å². The highest BCUT2D eigenvalue weighted by Crippen LogP contribution is 2.47. The number of hydrogen-bond acceptors (Lipinski definition) is 7. The van der Waals surface area contributed by atoms with Crippen molar-refractivity contribution in [2.75, 3.05) is 19.0 Å². The minimum atomic E-state index is -4.82. The second-order valence-corrected chi connectivity index (χ2v) is 16.5. The van der Waals surface area contributed by atoms with Crippen LogP contribution in [-0.4, -0.2) is 70.5 Å². The van der Waals surface area contributed by atoms with Crippen LogP contribution < -0.4 is 25.4 Å². The molecule has 59 heavy (non-hydrogen) atoms. The molecule has 1 saturated heterocycles. The van der Waals surface area contributed by atoms with Crippen molar-refractivity contribution < 1.29 is 41.4 Å². The van der Waals surface area contributed by atoms with Crippen LogP contribution in [0.2, 0.25) is 0 Å². The van der Waals surface area contributed by atoms with Crippen molar-refractivity contribution in [3.63, 3.8) is 0 Å². The van der Waals surface area contributed by atoms with E-state index in [1.165, 1.54) is 4.90 Å². The van der Waals surface area contributed by atoms with Crippen LogP contribution in [0.3, 0.4) is 0 Å². The zero-order chi connectivity index (χ0) is 41.5. The van der Waals surface area contributed by atoms with E-state index in [-0.39, 0.29) is 42.4 Å². The first kappa shape index (κ1) is 40.1. The quantitative estimate of drug-likeness (QED) is 0.122. The lowest BCUT2D eigenvalue weighted by Gasteiger charge is -2.30. The first-order valence-corrected chi connectivity index (χ1v) is 20.2. The largest absolute Gasteiger partial charge is 0.497 e. The van der Waals surface area contributed by atoms with E-state index in [1.807, 2.05) is 61.5 Å². The van der Waals surface area contributed by atoms with Gasteiger partial charge in [0.25, 0.3) is 0 Å². The molecule has 0 radical (unpaired) electrons. The van der Waals surface area contributed by atoms with E-state index in [9.17, 15) is 31.9 Å². The number of pyridine rings is 1. The van der Waals surface area contributed by atoms with Crippen LogP contribution in [0.1, 0.15) is 70.3 Å². The van der Waals surface area contributed by atoms with E-state index in [0.717, 1.165) is 37.0 Å². The molecule has 3 heterocycles. The molecule has 4 aliphatic rings. The van der Waals surface area contributed by atoms with Crippen LogP contribution in [0.25, 0.3) is 22.2 Å². The van der Waals surface area contributed by atoms with Gasteiger partial charge in [-0.15, -0.1) is 0 Å². The zero-order valence-electron chi connectivity index (χ0n) is 32.9. The SMILES string of the molecule is COc1ccc2c(O[C@@H]3C[C@H]4C(=O)N[C@]5(C(=O)NC6(C)CC6)C[C@H]5/C=C\CCCCC[C@H](Nc5cc(F)cc(C(F)(F)F)c5)C(=O)N4C3)cc(-c3ccccc3)nc2c1. The number of rotatable bonds is 8. The van der Waals surface area contributed by atoms with Gasteiger partial charge in [0.1, 0.15) is 41.0 Å². The van der Waals surface area contributed by atoms with E-state index >= 15 is 0 Å². The van der Waals surface area contributed by atoms with Crippen LogP contribution in [0.4, 0.5) is 23.2 Å². The number of alkyl halides is 3. The Morgan fingerprint density at radius 1 is 1.00 bits per heavy atom. The van der Waals surface area contributed by atoms with Crippen molar-refractivity contribution in [2.24, 2.45) is 5.92 Å². The smallest absolute Gasteiger partial charge is 0.416 e. The monoisotopic (exact) mass is 813 g/mol. The fourth-order valence-electron chi connectivity index (χ4n) is 8.24. The standard InChI is InChI=1S/C45H47F4N5O5/c1-43(17-18-43)53-42(57)44-25-28(44)13-9-4-3-5-10-14-35(50-31-20-29(45(47,48)49)19-30(46)21-31)41(56)54-26-33(23-38(54)40(55)52-44)59-39-24-36(27-11-7-6-8-12-27)51-37-22-32(58-2)15-16-34(37)39/h6-9,11-13,15-16,19-22,24,28,33,35,38,50H,3-5,10,14,17-18,23,25-26H2,1-2H3,(H,52,55)(H,53,57)/b13-9-/t28-,33-,35+,38+,44-/m1/s1. The van der Waals surface area contributed by atoms with Crippen LogP contribution in [0, 0.1) is 11.7 Å². The maximum atomic E-state index is 14.8. The highest BCUT2D eigenvalue weighted by Gasteiger charge is 2.62. The molecular weight excluding hydrogens is 767 g/mol. The molecule has 2 saturated carbocycles.